The number of aliphatic imine (C=N–C) groups is 1. The summed E-state index contributed by atoms with van der Waals surface area (Å²) in [6.45, 7) is 0. The van der Waals surface area contributed by atoms with Crippen LogP contribution in [0, 0.1) is 0 Å². The zero-order chi connectivity index (χ0) is 13.4. The summed E-state index contributed by atoms with van der Waals surface area (Å²) in [5.74, 6) is 0.232. The van der Waals surface area contributed by atoms with E-state index in [1.54, 1.807) is 18.7 Å². The SMILES string of the molecule is CN=c1sc(C=C2C=Nc3ccccc32)c(O)n1C. The van der Waals surface area contributed by atoms with Gasteiger partial charge >= 0.3 is 0 Å². The number of allylic oxidation sites excluding steroid dienone is 1. The van der Waals surface area contributed by atoms with E-state index in [4.69, 9.17) is 0 Å². The highest BCUT2D eigenvalue weighted by atomic mass is 32.1. The molecule has 0 atom stereocenters. The summed E-state index contributed by atoms with van der Waals surface area (Å²) in [5, 5.41) is 10.1. The van der Waals surface area contributed by atoms with E-state index in [0.717, 1.165) is 26.5 Å². The lowest BCUT2D eigenvalue weighted by atomic mass is 10.1. The van der Waals surface area contributed by atoms with Crippen LogP contribution < -0.4 is 4.80 Å². The molecule has 0 fully saturated rings. The maximum Gasteiger partial charge on any atom is 0.210 e. The van der Waals surface area contributed by atoms with Crippen LogP contribution in [-0.4, -0.2) is 22.9 Å². The lowest BCUT2D eigenvalue weighted by molar-refractivity contribution is 0.427. The van der Waals surface area contributed by atoms with Crippen molar-refractivity contribution >= 4 is 34.9 Å². The van der Waals surface area contributed by atoms with Gasteiger partial charge in [-0.05, 0) is 12.1 Å². The van der Waals surface area contributed by atoms with Crippen LogP contribution in [0.5, 0.6) is 5.88 Å². The quantitative estimate of drug-likeness (QED) is 0.851. The van der Waals surface area contributed by atoms with Crippen molar-refractivity contribution in [2.75, 3.05) is 7.05 Å². The Balaban J connectivity index is 2.12. The van der Waals surface area contributed by atoms with Crippen molar-refractivity contribution in [3.63, 3.8) is 0 Å². The number of hydrogen-bond acceptors (Lipinski definition) is 4. The molecule has 1 aromatic carbocycles. The Hall–Kier alpha value is -2.14. The number of benzene rings is 1. The highest BCUT2D eigenvalue weighted by molar-refractivity contribution is 7.10. The fourth-order valence-electron chi connectivity index (χ4n) is 2.05. The van der Waals surface area contributed by atoms with E-state index < -0.39 is 0 Å². The maximum atomic E-state index is 10.1. The average molecular weight is 271 g/mol. The van der Waals surface area contributed by atoms with E-state index >= 15 is 0 Å². The van der Waals surface area contributed by atoms with Crippen LogP contribution >= 0.6 is 11.3 Å². The summed E-state index contributed by atoms with van der Waals surface area (Å²) in [6, 6.07) is 7.97. The molecule has 2 heterocycles. The molecule has 1 aromatic heterocycles. The molecule has 96 valence electrons. The summed E-state index contributed by atoms with van der Waals surface area (Å²) in [4.78, 5) is 10.1. The number of hydrogen-bond donors (Lipinski definition) is 1. The third-order valence-corrected chi connectivity index (χ3v) is 4.22. The number of para-hydroxylation sites is 1. The Kier molecular flexibility index (Phi) is 2.83. The van der Waals surface area contributed by atoms with E-state index in [0.29, 0.717) is 0 Å². The summed E-state index contributed by atoms with van der Waals surface area (Å²) >= 11 is 1.46. The van der Waals surface area contributed by atoms with Crippen LogP contribution in [0.25, 0.3) is 11.6 Å². The van der Waals surface area contributed by atoms with Crippen molar-refractivity contribution in [3.8, 4) is 5.88 Å². The normalized spacial score (nSPS) is 16.3. The minimum atomic E-state index is 0.232. The molecule has 3 rings (SSSR count). The molecule has 0 saturated heterocycles. The maximum absolute atomic E-state index is 10.1. The van der Waals surface area contributed by atoms with Gasteiger partial charge in [-0.1, -0.05) is 29.5 Å². The highest BCUT2D eigenvalue weighted by Gasteiger charge is 2.14. The monoisotopic (exact) mass is 271 g/mol. The number of aromatic hydroxyl groups is 1. The minimum absolute atomic E-state index is 0.232. The molecule has 1 N–H and O–H groups in total. The second-order valence-corrected chi connectivity index (χ2v) is 5.24. The molecule has 0 spiro atoms. The van der Waals surface area contributed by atoms with Gasteiger partial charge < -0.3 is 5.11 Å². The molecule has 5 heteroatoms. The van der Waals surface area contributed by atoms with E-state index in [9.17, 15) is 5.11 Å². The van der Waals surface area contributed by atoms with Crippen LogP contribution in [-0.2, 0) is 7.05 Å². The van der Waals surface area contributed by atoms with Gasteiger partial charge in [-0.3, -0.25) is 14.6 Å². The lowest BCUT2D eigenvalue weighted by Gasteiger charge is -1.98. The first-order valence-corrected chi connectivity index (χ1v) is 6.69. The molecule has 19 heavy (non-hydrogen) atoms. The van der Waals surface area contributed by atoms with Crippen molar-refractivity contribution in [2.24, 2.45) is 17.0 Å². The van der Waals surface area contributed by atoms with Crippen molar-refractivity contribution in [1.82, 2.24) is 4.57 Å². The predicted molar refractivity (Wildman–Crippen MR) is 78.9 cm³/mol. The van der Waals surface area contributed by atoms with Gasteiger partial charge in [0.1, 0.15) is 0 Å². The summed E-state index contributed by atoms with van der Waals surface area (Å²) in [6.07, 6.45) is 3.77. The molecule has 1 aliphatic rings. The summed E-state index contributed by atoms with van der Waals surface area (Å²) < 4.78 is 1.68. The first-order chi connectivity index (χ1) is 9.20. The Morgan fingerprint density at radius 1 is 1.37 bits per heavy atom. The Morgan fingerprint density at radius 3 is 2.89 bits per heavy atom. The van der Waals surface area contributed by atoms with Crippen LogP contribution in [0.3, 0.4) is 0 Å². The summed E-state index contributed by atoms with van der Waals surface area (Å²) in [7, 11) is 3.52. The van der Waals surface area contributed by atoms with Crippen LogP contribution in [0.15, 0.2) is 34.3 Å². The number of aromatic nitrogens is 1. The predicted octanol–water partition coefficient (Wildman–Crippen LogP) is 2.58. The zero-order valence-electron chi connectivity index (χ0n) is 10.7. The third kappa shape index (κ3) is 1.92. The molecule has 0 radical (unpaired) electrons. The van der Waals surface area contributed by atoms with Gasteiger partial charge in [0, 0.05) is 31.4 Å². The fourth-order valence-corrected chi connectivity index (χ4v) is 2.98. The third-order valence-electron chi connectivity index (χ3n) is 3.06. The molecule has 2 aromatic rings. The topological polar surface area (TPSA) is 49.9 Å². The first-order valence-electron chi connectivity index (χ1n) is 5.87. The van der Waals surface area contributed by atoms with Gasteiger partial charge in [-0.2, -0.15) is 0 Å². The van der Waals surface area contributed by atoms with Crippen molar-refractivity contribution in [3.05, 3.63) is 39.5 Å². The largest absolute Gasteiger partial charge is 0.493 e. The Labute approximate surface area is 114 Å². The van der Waals surface area contributed by atoms with Crippen LogP contribution in [0.1, 0.15) is 10.4 Å². The molecule has 0 bridgehead atoms. The first kappa shape index (κ1) is 11.9. The standard InChI is InChI=1S/C14H13N3OS/c1-15-14-17(2)13(18)12(19-14)7-9-8-16-11-6-4-3-5-10(9)11/h3-8,18H,1-2H3. The lowest BCUT2D eigenvalue weighted by Crippen LogP contribution is -2.08. The number of thiazole rings is 1. The van der Waals surface area contributed by atoms with Crippen molar-refractivity contribution in [2.45, 2.75) is 0 Å². The van der Waals surface area contributed by atoms with E-state index in [1.807, 2.05) is 36.6 Å². The van der Waals surface area contributed by atoms with Gasteiger partial charge in [-0.15, -0.1) is 0 Å². The van der Waals surface area contributed by atoms with Gasteiger partial charge in [0.2, 0.25) is 5.88 Å². The molecule has 0 amide bonds. The highest BCUT2D eigenvalue weighted by Crippen LogP contribution is 2.33. The minimum Gasteiger partial charge on any atom is -0.493 e. The second kappa shape index (κ2) is 4.51. The van der Waals surface area contributed by atoms with Crippen molar-refractivity contribution < 1.29 is 5.11 Å². The molecular formula is C14H13N3OS. The molecule has 0 saturated carbocycles. The van der Waals surface area contributed by atoms with E-state index in [-0.39, 0.29) is 5.88 Å². The molecule has 0 aliphatic carbocycles. The molecule has 1 aliphatic heterocycles. The smallest absolute Gasteiger partial charge is 0.210 e. The average Bonchev–Trinajstić information content (AvgIpc) is 2.96. The number of nitrogens with zero attached hydrogens (tertiary/aromatic N) is 3. The van der Waals surface area contributed by atoms with Crippen LogP contribution in [0.4, 0.5) is 5.69 Å². The Bertz CT molecular complexity index is 765. The van der Waals surface area contributed by atoms with Gasteiger partial charge in [-0.25, -0.2) is 0 Å². The van der Waals surface area contributed by atoms with Gasteiger partial charge in [0.15, 0.2) is 4.80 Å². The van der Waals surface area contributed by atoms with Crippen LogP contribution in [0.2, 0.25) is 0 Å². The van der Waals surface area contributed by atoms with E-state index in [2.05, 4.69) is 9.98 Å². The second-order valence-electron chi connectivity index (χ2n) is 4.23. The number of fused-ring (bicyclic) bond motifs is 1. The van der Waals surface area contributed by atoms with Crippen molar-refractivity contribution in [1.29, 1.82) is 0 Å². The molecular weight excluding hydrogens is 258 g/mol. The van der Waals surface area contributed by atoms with Gasteiger partial charge in [0.25, 0.3) is 0 Å². The van der Waals surface area contributed by atoms with E-state index in [1.165, 1.54) is 11.3 Å². The fraction of sp³-hybridized carbons (Fsp3) is 0.143. The molecule has 4 nitrogen and oxygen atoms in total. The number of rotatable bonds is 1. The Morgan fingerprint density at radius 2 is 2.16 bits per heavy atom. The zero-order valence-corrected chi connectivity index (χ0v) is 11.5. The summed E-state index contributed by atoms with van der Waals surface area (Å²) in [5.41, 5.74) is 3.07. The van der Waals surface area contributed by atoms with Gasteiger partial charge in [0.05, 0.1) is 10.6 Å². The molecule has 0 unspecified atom stereocenters.